The number of methoxy groups -OCH3 is 1. The summed E-state index contributed by atoms with van der Waals surface area (Å²) in [6, 6.07) is 8.61. The highest BCUT2D eigenvalue weighted by molar-refractivity contribution is 5.41. The van der Waals surface area contributed by atoms with Gasteiger partial charge in [-0.25, -0.2) is 0 Å². The number of ether oxygens (including phenoxy) is 1. The lowest BCUT2D eigenvalue weighted by molar-refractivity contribution is 0.414. The van der Waals surface area contributed by atoms with Gasteiger partial charge in [-0.2, -0.15) is 0 Å². The minimum Gasteiger partial charge on any atom is -0.497 e. The van der Waals surface area contributed by atoms with E-state index in [-0.39, 0.29) is 6.04 Å². The summed E-state index contributed by atoms with van der Waals surface area (Å²) >= 11 is 0. The van der Waals surface area contributed by atoms with Crippen molar-refractivity contribution in [3.8, 4) is 5.75 Å². The first-order chi connectivity index (χ1) is 10.2. The summed E-state index contributed by atoms with van der Waals surface area (Å²) in [5.41, 5.74) is 4.89. The van der Waals surface area contributed by atoms with Crippen LogP contribution in [0.25, 0.3) is 0 Å². The Hall–Kier alpha value is -1.87. The van der Waals surface area contributed by atoms with Crippen LogP contribution in [0.1, 0.15) is 41.6 Å². The predicted octanol–water partition coefficient (Wildman–Crippen LogP) is 3.80. The quantitative estimate of drug-likeness (QED) is 0.876. The molecule has 0 fully saturated rings. The molecule has 1 heterocycles. The molecule has 0 aliphatic rings. The van der Waals surface area contributed by atoms with Gasteiger partial charge in [0.15, 0.2) is 0 Å². The van der Waals surface area contributed by atoms with Gasteiger partial charge in [-0.3, -0.25) is 4.98 Å². The molecule has 1 N–H and O–H groups in total. The van der Waals surface area contributed by atoms with E-state index in [2.05, 4.69) is 49.3 Å². The molecule has 1 aromatic carbocycles. The van der Waals surface area contributed by atoms with Gasteiger partial charge in [0.1, 0.15) is 5.75 Å². The van der Waals surface area contributed by atoms with Crippen LogP contribution in [0.2, 0.25) is 0 Å². The van der Waals surface area contributed by atoms with Gasteiger partial charge in [-0.05, 0) is 61.2 Å². The number of aromatic nitrogens is 1. The normalized spacial score (nSPS) is 12.2. The van der Waals surface area contributed by atoms with Crippen LogP contribution < -0.4 is 10.1 Å². The van der Waals surface area contributed by atoms with Crippen LogP contribution in [0, 0.1) is 13.8 Å². The maximum absolute atomic E-state index is 5.30. The van der Waals surface area contributed by atoms with Gasteiger partial charge in [-0.15, -0.1) is 0 Å². The van der Waals surface area contributed by atoms with E-state index in [4.69, 9.17) is 4.74 Å². The van der Waals surface area contributed by atoms with Gasteiger partial charge in [-0.1, -0.05) is 19.1 Å². The zero-order valence-electron chi connectivity index (χ0n) is 13.3. The number of hydrogen-bond acceptors (Lipinski definition) is 3. The molecule has 0 bridgehead atoms. The lowest BCUT2D eigenvalue weighted by Crippen LogP contribution is -2.24. The lowest BCUT2D eigenvalue weighted by atomic mass is 9.95. The summed E-state index contributed by atoms with van der Waals surface area (Å²) < 4.78 is 5.30. The van der Waals surface area contributed by atoms with Crippen LogP contribution in [-0.2, 0) is 0 Å². The van der Waals surface area contributed by atoms with Crippen molar-refractivity contribution in [3.63, 3.8) is 0 Å². The standard InChI is InChI=1S/C18H24N2O/c1-5-8-20-18(15-9-13(2)11-19-12-15)17-7-6-16(21-4)10-14(17)3/h6-7,9-12,18,20H,5,8H2,1-4H3. The molecule has 0 amide bonds. The summed E-state index contributed by atoms with van der Waals surface area (Å²) in [6.45, 7) is 7.36. The molecule has 3 nitrogen and oxygen atoms in total. The number of pyridine rings is 1. The van der Waals surface area contributed by atoms with Gasteiger partial charge in [0.2, 0.25) is 0 Å². The van der Waals surface area contributed by atoms with Crippen molar-refractivity contribution in [2.45, 2.75) is 33.2 Å². The van der Waals surface area contributed by atoms with Crippen LogP contribution in [0.15, 0.2) is 36.7 Å². The van der Waals surface area contributed by atoms with E-state index in [0.29, 0.717) is 0 Å². The SMILES string of the molecule is CCCNC(c1cncc(C)c1)c1ccc(OC)cc1C. The van der Waals surface area contributed by atoms with Crippen LogP contribution >= 0.6 is 0 Å². The molecule has 21 heavy (non-hydrogen) atoms. The van der Waals surface area contributed by atoms with Crippen LogP contribution in [0.4, 0.5) is 0 Å². The monoisotopic (exact) mass is 284 g/mol. The highest BCUT2D eigenvalue weighted by Crippen LogP contribution is 2.27. The van der Waals surface area contributed by atoms with Crippen molar-refractivity contribution in [3.05, 3.63) is 58.9 Å². The van der Waals surface area contributed by atoms with Gasteiger partial charge in [0.25, 0.3) is 0 Å². The Morgan fingerprint density at radius 2 is 2.00 bits per heavy atom. The number of aryl methyl sites for hydroxylation is 2. The topological polar surface area (TPSA) is 34.2 Å². The first kappa shape index (κ1) is 15.5. The molecule has 2 rings (SSSR count). The van der Waals surface area contributed by atoms with E-state index in [1.807, 2.05) is 18.5 Å². The molecular weight excluding hydrogens is 260 g/mol. The average Bonchev–Trinajstić information content (AvgIpc) is 2.49. The molecule has 0 saturated carbocycles. The fraction of sp³-hybridized carbons (Fsp3) is 0.389. The molecule has 2 aromatic rings. The third-order valence-electron chi connectivity index (χ3n) is 3.62. The predicted molar refractivity (Wildman–Crippen MR) is 86.8 cm³/mol. The smallest absolute Gasteiger partial charge is 0.119 e. The van der Waals surface area contributed by atoms with E-state index < -0.39 is 0 Å². The zero-order valence-corrected chi connectivity index (χ0v) is 13.3. The largest absolute Gasteiger partial charge is 0.497 e. The Balaban J connectivity index is 2.40. The number of rotatable bonds is 6. The first-order valence-electron chi connectivity index (χ1n) is 7.45. The Morgan fingerprint density at radius 1 is 1.19 bits per heavy atom. The van der Waals surface area contributed by atoms with Crippen LogP contribution in [-0.4, -0.2) is 18.6 Å². The Labute approximate surface area is 127 Å². The van der Waals surface area contributed by atoms with Crippen molar-refractivity contribution >= 4 is 0 Å². The molecule has 0 saturated heterocycles. The summed E-state index contributed by atoms with van der Waals surface area (Å²) in [5, 5.41) is 3.63. The molecule has 0 aliphatic heterocycles. The van der Waals surface area contributed by atoms with Crippen molar-refractivity contribution < 1.29 is 4.74 Å². The molecule has 1 atom stereocenters. The number of nitrogens with zero attached hydrogens (tertiary/aromatic N) is 1. The van der Waals surface area contributed by atoms with Crippen molar-refractivity contribution in [2.24, 2.45) is 0 Å². The number of benzene rings is 1. The van der Waals surface area contributed by atoms with Crippen molar-refractivity contribution in [1.82, 2.24) is 10.3 Å². The molecule has 0 aliphatic carbocycles. The van der Waals surface area contributed by atoms with E-state index in [1.54, 1.807) is 7.11 Å². The first-order valence-corrected chi connectivity index (χ1v) is 7.45. The fourth-order valence-electron chi connectivity index (χ4n) is 2.53. The Kier molecular flexibility index (Phi) is 5.34. The highest BCUT2D eigenvalue weighted by Gasteiger charge is 2.16. The van der Waals surface area contributed by atoms with Crippen LogP contribution in [0.5, 0.6) is 5.75 Å². The fourth-order valence-corrected chi connectivity index (χ4v) is 2.53. The highest BCUT2D eigenvalue weighted by atomic mass is 16.5. The molecule has 1 unspecified atom stereocenters. The Bertz CT molecular complexity index is 596. The second-order valence-electron chi connectivity index (χ2n) is 5.41. The van der Waals surface area contributed by atoms with E-state index in [0.717, 1.165) is 18.7 Å². The van der Waals surface area contributed by atoms with E-state index in [1.165, 1.54) is 22.3 Å². The van der Waals surface area contributed by atoms with Gasteiger partial charge < -0.3 is 10.1 Å². The number of hydrogen-bond donors (Lipinski definition) is 1. The van der Waals surface area contributed by atoms with Crippen molar-refractivity contribution in [1.29, 1.82) is 0 Å². The summed E-state index contributed by atoms with van der Waals surface area (Å²) in [7, 11) is 1.70. The van der Waals surface area contributed by atoms with Crippen molar-refractivity contribution in [2.75, 3.05) is 13.7 Å². The maximum Gasteiger partial charge on any atom is 0.119 e. The maximum atomic E-state index is 5.30. The molecule has 112 valence electrons. The summed E-state index contributed by atoms with van der Waals surface area (Å²) in [4.78, 5) is 4.34. The molecular formula is C18H24N2O. The number of nitrogens with one attached hydrogen (secondary N) is 1. The minimum atomic E-state index is 0.170. The van der Waals surface area contributed by atoms with Gasteiger partial charge in [0.05, 0.1) is 13.2 Å². The van der Waals surface area contributed by atoms with Gasteiger partial charge in [0, 0.05) is 12.4 Å². The molecule has 1 aromatic heterocycles. The molecule has 3 heteroatoms. The van der Waals surface area contributed by atoms with Crippen LogP contribution in [0.3, 0.4) is 0 Å². The third kappa shape index (κ3) is 3.82. The second-order valence-corrected chi connectivity index (χ2v) is 5.41. The van der Waals surface area contributed by atoms with E-state index >= 15 is 0 Å². The van der Waals surface area contributed by atoms with Gasteiger partial charge >= 0.3 is 0 Å². The Morgan fingerprint density at radius 3 is 2.62 bits per heavy atom. The summed E-state index contributed by atoms with van der Waals surface area (Å²) in [5.74, 6) is 0.896. The van der Waals surface area contributed by atoms with E-state index in [9.17, 15) is 0 Å². The minimum absolute atomic E-state index is 0.170. The lowest BCUT2D eigenvalue weighted by Gasteiger charge is -2.22. The molecule has 0 radical (unpaired) electrons. The average molecular weight is 284 g/mol. The molecule has 0 spiro atoms. The summed E-state index contributed by atoms with van der Waals surface area (Å²) in [6.07, 6.45) is 4.94. The third-order valence-corrected chi connectivity index (χ3v) is 3.62. The zero-order chi connectivity index (χ0) is 15.2. The second kappa shape index (κ2) is 7.23.